The first-order chi connectivity index (χ1) is 6.70. The fourth-order valence-corrected chi connectivity index (χ4v) is 2.93. The van der Waals surface area contributed by atoms with Gasteiger partial charge >= 0.3 is 0 Å². The van der Waals surface area contributed by atoms with Gasteiger partial charge in [-0.3, -0.25) is 0 Å². The van der Waals surface area contributed by atoms with Gasteiger partial charge in [-0.25, -0.2) is 0 Å². The minimum Gasteiger partial charge on any atom is -0.361 e. The number of nitrogens with one attached hydrogen (secondary N) is 1. The summed E-state index contributed by atoms with van der Waals surface area (Å²) in [7, 11) is 0. The Hall–Kier alpha value is -0.310. The second-order valence-electron chi connectivity index (χ2n) is 6.56. The summed E-state index contributed by atoms with van der Waals surface area (Å²) in [5, 5.41) is 4.14. The molecule has 1 N–H and O–H groups in total. The molecule has 1 fully saturated rings. The molecule has 1 heterocycles. The van der Waals surface area contributed by atoms with Gasteiger partial charge in [0.2, 0.25) is 0 Å². The van der Waals surface area contributed by atoms with Crippen LogP contribution in [0.4, 0.5) is 0 Å². The van der Waals surface area contributed by atoms with Crippen molar-refractivity contribution in [1.29, 1.82) is 0 Å². The van der Waals surface area contributed by atoms with Gasteiger partial charge in [0.15, 0.2) is 5.11 Å². The lowest BCUT2D eigenvalue weighted by Gasteiger charge is -2.35. The average Bonchev–Trinajstić information content (AvgIpc) is 2.29. The quantitative estimate of drug-likeness (QED) is 0.748. The zero-order valence-electron chi connectivity index (χ0n) is 10.7. The summed E-state index contributed by atoms with van der Waals surface area (Å²) >= 11 is 5.26. The molecule has 0 aliphatic carbocycles. The zero-order valence-corrected chi connectivity index (χ0v) is 11.5. The Balaban J connectivity index is 2.52. The van der Waals surface area contributed by atoms with Crippen molar-refractivity contribution in [1.82, 2.24) is 10.2 Å². The molecule has 0 amide bonds. The Bertz CT molecular complexity index is 240. The van der Waals surface area contributed by atoms with Crippen LogP contribution >= 0.6 is 12.2 Å². The molecular formula is C12H24N2S. The minimum atomic E-state index is 0.328. The van der Waals surface area contributed by atoms with E-state index in [2.05, 4.69) is 44.8 Å². The molecule has 0 saturated carbocycles. The topological polar surface area (TPSA) is 15.3 Å². The highest BCUT2D eigenvalue weighted by Gasteiger charge is 2.29. The lowest BCUT2D eigenvalue weighted by Crippen LogP contribution is -2.38. The van der Waals surface area contributed by atoms with Crippen molar-refractivity contribution in [3.63, 3.8) is 0 Å². The van der Waals surface area contributed by atoms with Crippen molar-refractivity contribution in [2.45, 2.75) is 41.0 Å². The minimum absolute atomic E-state index is 0.328. The van der Waals surface area contributed by atoms with Crippen molar-refractivity contribution in [3.05, 3.63) is 0 Å². The van der Waals surface area contributed by atoms with E-state index in [0.717, 1.165) is 24.7 Å². The van der Waals surface area contributed by atoms with Crippen LogP contribution in [0.15, 0.2) is 0 Å². The molecule has 0 aromatic rings. The number of nitrogens with zero attached hydrogens (tertiary/aromatic N) is 1. The molecular weight excluding hydrogens is 204 g/mol. The summed E-state index contributed by atoms with van der Waals surface area (Å²) in [5.74, 6) is 0. The second-order valence-corrected chi connectivity index (χ2v) is 6.94. The Kier molecular flexibility index (Phi) is 3.64. The summed E-state index contributed by atoms with van der Waals surface area (Å²) in [6.45, 7) is 14.7. The largest absolute Gasteiger partial charge is 0.361 e. The first kappa shape index (κ1) is 12.8. The maximum atomic E-state index is 5.26. The summed E-state index contributed by atoms with van der Waals surface area (Å²) in [6.07, 6.45) is 1.22. The Morgan fingerprint density at radius 2 is 1.87 bits per heavy atom. The van der Waals surface area contributed by atoms with Crippen molar-refractivity contribution in [2.24, 2.45) is 10.8 Å². The summed E-state index contributed by atoms with van der Waals surface area (Å²) < 4.78 is 0. The van der Waals surface area contributed by atoms with E-state index >= 15 is 0 Å². The van der Waals surface area contributed by atoms with E-state index in [1.807, 2.05) is 0 Å². The first-order valence-corrected chi connectivity index (χ1v) is 6.13. The molecule has 3 heteroatoms. The van der Waals surface area contributed by atoms with Gasteiger partial charge in [0.05, 0.1) is 0 Å². The summed E-state index contributed by atoms with van der Waals surface area (Å²) in [6, 6.07) is 0. The van der Waals surface area contributed by atoms with Gasteiger partial charge in [-0.05, 0) is 29.5 Å². The highest BCUT2D eigenvalue weighted by atomic mass is 32.1. The van der Waals surface area contributed by atoms with E-state index in [-0.39, 0.29) is 0 Å². The molecule has 0 bridgehead atoms. The van der Waals surface area contributed by atoms with Crippen LogP contribution in [0.25, 0.3) is 0 Å². The maximum absolute atomic E-state index is 5.26. The molecule has 1 aliphatic heterocycles. The number of hydrogen-bond donors (Lipinski definition) is 1. The van der Waals surface area contributed by atoms with Crippen molar-refractivity contribution < 1.29 is 0 Å². The van der Waals surface area contributed by atoms with E-state index in [1.165, 1.54) is 6.42 Å². The summed E-state index contributed by atoms with van der Waals surface area (Å²) in [5.41, 5.74) is 0.715. The maximum Gasteiger partial charge on any atom is 0.169 e. The fraction of sp³-hybridized carbons (Fsp3) is 0.917. The molecule has 0 radical (unpaired) electrons. The van der Waals surface area contributed by atoms with Gasteiger partial charge in [0.1, 0.15) is 0 Å². The number of hydrogen-bond acceptors (Lipinski definition) is 1. The Morgan fingerprint density at radius 3 is 2.27 bits per heavy atom. The third kappa shape index (κ3) is 4.37. The fourth-order valence-electron chi connectivity index (χ4n) is 2.67. The number of rotatable bonds is 3. The SMILES string of the molecule is CC(C)(C)CC(C)(C)CN1CCNC1=S. The van der Waals surface area contributed by atoms with E-state index in [9.17, 15) is 0 Å². The van der Waals surface area contributed by atoms with Crippen LogP contribution in [0.2, 0.25) is 0 Å². The lowest BCUT2D eigenvalue weighted by atomic mass is 9.76. The number of thiocarbonyl (C=S) groups is 1. The van der Waals surface area contributed by atoms with E-state index in [0.29, 0.717) is 10.8 Å². The molecule has 1 saturated heterocycles. The molecule has 1 aliphatic rings. The smallest absolute Gasteiger partial charge is 0.169 e. The van der Waals surface area contributed by atoms with Crippen LogP contribution < -0.4 is 5.32 Å². The third-order valence-electron chi connectivity index (χ3n) is 2.57. The van der Waals surface area contributed by atoms with Gasteiger partial charge in [-0.15, -0.1) is 0 Å². The summed E-state index contributed by atoms with van der Waals surface area (Å²) in [4.78, 5) is 2.29. The van der Waals surface area contributed by atoms with Crippen LogP contribution in [0.5, 0.6) is 0 Å². The van der Waals surface area contributed by atoms with E-state index in [4.69, 9.17) is 12.2 Å². The van der Waals surface area contributed by atoms with Crippen LogP contribution in [0.3, 0.4) is 0 Å². The average molecular weight is 228 g/mol. The van der Waals surface area contributed by atoms with Crippen molar-refractivity contribution in [3.8, 4) is 0 Å². The van der Waals surface area contributed by atoms with Gasteiger partial charge in [-0.2, -0.15) is 0 Å². The normalized spacial score (nSPS) is 18.2. The van der Waals surface area contributed by atoms with E-state index in [1.54, 1.807) is 0 Å². The van der Waals surface area contributed by atoms with Crippen molar-refractivity contribution >= 4 is 17.3 Å². The zero-order chi connectivity index (χ0) is 11.7. The van der Waals surface area contributed by atoms with Crippen molar-refractivity contribution in [2.75, 3.05) is 19.6 Å². The second kappa shape index (κ2) is 4.28. The molecule has 0 aromatic carbocycles. The third-order valence-corrected chi connectivity index (χ3v) is 2.98. The molecule has 15 heavy (non-hydrogen) atoms. The Labute approximate surface area is 99.4 Å². The highest BCUT2D eigenvalue weighted by molar-refractivity contribution is 7.80. The Morgan fingerprint density at radius 1 is 1.27 bits per heavy atom. The molecule has 2 nitrogen and oxygen atoms in total. The van der Waals surface area contributed by atoms with Crippen LogP contribution in [0.1, 0.15) is 41.0 Å². The molecule has 0 unspecified atom stereocenters. The van der Waals surface area contributed by atoms with Gasteiger partial charge in [0, 0.05) is 19.6 Å². The van der Waals surface area contributed by atoms with Gasteiger partial charge in [0.25, 0.3) is 0 Å². The van der Waals surface area contributed by atoms with Gasteiger partial charge < -0.3 is 10.2 Å². The lowest BCUT2D eigenvalue weighted by molar-refractivity contribution is 0.175. The molecule has 0 spiro atoms. The predicted molar refractivity (Wildman–Crippen MR) is 70.0 cm³/mol. The molecule has 1 rings (SSSR count). The van der Waals surface area contributed by atoms with Gasteiger partial charge in [-0.1, -0.05) is 34.6 Å². The first-order valence-electron chi connectivity index (χ1n) is 5.72. The highest BCUT2D eigenvalue weighted by Crippen LogP contribution is 2.33. The monoisotopic (exact) mass is 228 g/mol. The molecule has 0 atom stereocenters. The molecule has 88 valence electrons. The standard InChI is InChI=1S/C12H24N2S/c1-11(2,3)8-12(4,5)9-14-7-6-13-10(14)15/h6-9H2,1-5H3,(H,13,15). The molecule has 0 aromatic heterocycles. The predicted octanol–water partition coefficient (Wildman–Crippen LogP) is 2.64. The van der Waals surface area contributed by atoms with E-state index < -0.39 is 0 Å². The van der Waals surface area contributed by atoms with Crippen LogP contribution in [0, 0.1) is 10.8 Å². The van der Waals surface area contributed by atoms with Crippen LogP contribution in [-0.4, -0.2) is 29.6 Å². The van der Waals surface area contributed by atoms with Crippen LogP contribution in [-0.2, 0) is 0 Å².